The van der Waals surface area contributed by atoms with Crippen LogP contribution in [-0.4, -0.2) is 46.2 Å². The van der Waals surface area contributed by atoms with Crippen molar-refractivity contribution >= 4 is 17.7 Å². The van der Waals surface area contributed by atoms with E-state index in [9.17, 15) is 9.59 Å². The van der Waals surface area contributed by atoms with E-state index in [1.165, 1.54) is 0 Å². The number of nitrogens with zero attached hydrogens (tertiary/aromatic N) is 2. The van der Waals surface area contributed by atoms with Crippen LogP contribution in [0.3, 0.4) is 0 Å². The fraction of sp³-hybridized carbons (Fsp3) is 0.296. The van der Waals surface area contributed by atoms with Crippen molar-refractivity contribution in [2.75, 3.05) is 31.7 Å². The first-order valence-corrected chi connectivity index (χ1v) is 13.0. The van der Waals surface area contributed by atoms with Crippen molar-refractivity contribution in [2.24, 2.45) is 0 Å². The molecule has 3 heterocycles. The fourth-order valence-electron chi connectivity index (χ4n) is 3.99. The molecule has 3 N–H and O–H groups in total. The standard InChI is InChI=1S/C27H31N5O3S/c1-32(2)17-21-8-9-22(35-21)18-36-13-12-29-27-30-16-24(26(34)31-27)23(14-19-6-4-3-5-7-19)20-10-11-28-25(33)15-20/h3-11,15-16,23H,12-14,17-18H2,1-2H3,(H,28,33)(H2,29,30,31,34). The van der Waals surface area contributed by atoms with Gasteiger partial charge in [0.05, 0.1) is 12.3 Å². The number of anilines is 1. The largest absolute Gasteiger partial charge is 0.464 e. The number of hydrogen-bond acceptors (Lipinski definition) is 7. The molecule has 0 aliphatic rings. The molecule has 4 rings (SSSR count). The molecule has 36 heavy (non-hydrogen) atoms. The van der Waals surface area contributed by atoms with Gasteiger partial charge in [0, 0.05) is 42.2 Å². The van der Waals surface area contributed by atoms with Crippen molar-refractivity contribution in [2.45, 2.75) is 24.6 Å². The molecule has 0 radical (unpaired) electrons. The van der Waals surface area contributed by atoms with E-state index in [-0.39, 0.29) is 17.0 Å². The van der Waals surface area contributed by atoms with Crippen LogP contribution in [0.2, 0.25) is 0 Å². The quantitative estimate of drug-likeness (QED) is 0.251. The number of nitrogens with one attached hydrogen (secondary N) is 3. The van der Waals surface area contributed by atoms with Gasteiger partial charge in [0.1, 0.15) is 11.5 Å². The molecule has 3 aromatic heterocycles. The second-order valence-electron chi connectivity index (χ2n) is 8.83. The van der Waals surface area contributed by atoms with Crippen molar-refractivity contribution < 1.29 is 4.42 Å². The summed E-state index contributed by atoms with van der Waals surface area (Å²) in [5.74, 6) is 3.67. The van der Waals surface area contributed by atoms with Crippen LogP contribution in [0.15, 0.2) is 81.0 Å². The number of benzene rings is 1. The van der Waals surface area contributed by atoms with Crippen LogP contribution in [0.4, 0.5) is 5.95 Å². The number of rotatable bonds is 12. The van der Waals surface area contributed by atoms with E-state index in [1.807, 2.05) is 62.6 Å². The van der Waals surface area contributed by atoms with Crippen molar-refractivity contribution in [3.63, 3.8) is 0 Å². The van der Waals surface area contributed by atoms with E-state index in [1.54, 1.807) is 30.2 Å². The Labute approximate surface area is 214 Å². The molecule has 1 aromatic carbocycles. The smallest absolute Gasteiger partial charge is 0.256 e. The lowest BCUT2D eigenvalue weighted by molar-refractivity contribution is 0.344. The summed E-state index contributed by atoms with van der Waals surface area (Å²) in [5, 5.41) is 3.19. The lowest BCUT2D eigenvalue weighted by Crippen LogP contribution is -2.22. The molecule has 0 bridgehead atoms. The normalized spacial score (nSPS) is 12.1. The van der Waals surface area contributed by atoms with E-state index in [0.29, 0.717) is 24.5 Å². The zero-order chi connectivity index (χ0) is 25.3. The van der Waals surface area contributed by atoms with Gasteiger partial charge in [0.15, 0.2) is 0 Å². The molecule has 0 saturated carbocycles. The van der Waals surface area contributed by atoms with Crippen LogP contribution in [0.1, 0.15) is 34.1 Å². The highest BCUT2D eigenvalue weighted by Gasteiger charge is 2.20. The molecule has 4 aromatic rings. The summed E-state index contributed by atoms with van der Waals surface area (Å²) in [4.78, 5) is 37.0. The maximum absolute atomic E-state index is 13.0. The lowest BCUT2D eigenvalue weighted by Gasteiger charge is -2.17. The monoisotopic (exact) mass is 505 g/mol. The van der Waals surface area contributed by atoms with Gasteiger partial charge >= 0.3 is 0 Å². The Balaban J connectivity index is 1.37. The number of H-pyrrole nitrogens is 2. The molecule has 188 valence electrons. The van der Waals surface area contributed by atoms with Crippen molar-refractivity contribution in [1.29, 1.82) is 0 Å². The van der Waals surface area contributed by atoms with Crippen LogP contribution < -0.4 is 16.4 Å². The van der Waals surface area contributed by atoms with E-state index < -0.39 is 0 Å². The zero-order valence-electron chi connectivity index (χ0n) is 20.5. The molecule has 8 nitrogen and oxygen atoms in total. The van der Waals surface area contributed by atoms with Gasteiger partial charge in [-0.15, -0.1) is 0 Å². The maximum atomic E-state index is 13.0. The Hall–Kier alpha value is -3.56. The molecule has 0 aliphatic carbocycles. The van der Waals surface area contributed by atoms with E-state index in [4.69, 9.17) is 4.42 Å². The van der Waals surface area contributed by atoms with Gasteiger partial charge in [-0.2, -0.15) is 11.8 Å². The van der Waals surface area contributed by atoms with Gasteiger partial charge < -0.3 is 19.6 Å². The molecule has 0 aliphatic heterocycles. The van der Waals surface area contributed by atoms with Gasteiger partial charge in [0.2, 0.25) is 11.5 Å². The van der Waals surface area contributed by atoms with Crippen molar-refractivity contribution in [3.8, 4) is 0 Å². The average Bonchev–Trinajstić information content (AvgIpc) is 3.30. The first kappa shape index (κ1) is 25.5. The molecule has 1 unspecified atom stereocenters. The highest BCUT2D eigenvalue weighted by molar-refractivity contribution is 7.98. The van der Waals surface area contributed by atoms with Crippen LogP contribution in [0.25, 0.3) is 0 Å². The SMILES string of the molecule is CN(C)Cc1ccc(CSCCNc2ncc(C(Cc3ccccc3)c3cc[nH]c(=O)c3)c(=O)[nH]2)o1. The van der Waals surface area contributed by atoms with Crippen LogP contribution in [0, 0.1) is 0 Å². The Morgan fingerprint density at radius 3 is 2.64 bits per heavy atom. The summed E-state index contributed by atoms with van der Waals surface area (Å²) in [7, 11) is 4.03. The molecule has 0 amide bonds. The number of aromatic nitrogens is 3. The highest BCUT2D eigenvalue weighted by Crippen LogP contribution is 2.25. The highest BCUT2D eigenvalue weighted by atomic mass is 32.2. The molecule has 9 heteroatoms. The molecule has 1 atom stereocenters. The molecular weight excluding hydrogens is 474 g/mol. The summed E-state index contributed by atoms with van der Waals surface area (Å²) in [6, 6.07) is 17.3. The van der Waals surface area contributed by atoms with Gasteiger partial charge in [0.25, 0.3) is 5.56 Å². The van der Waals surface area contributed by atoms with Crippen molar-refractivity contribution in [1.82, 2.24) is 19.9 Å². The van der Waals surface area contributed by atoms with Gasteiger partial charge in [-0.3, -0.25) is 14.6 Å². The number of aromatic amines is 2. The average molecular weight is 506 g/mol. The van der Waals surface area contributed by atoms with E-state index in [0.717, 1.165) is 40.7 Å². The minimum absolute atomic E-state index is 0.200. The summed E-state index contributed by atoms with van der Waals surface area (Å²) < 4.78 is 5.83. The minimum atomic E-state index is -0.291. The van der Waals surface area contributed by atoms with Gasteiger partial charge in [-0.05, 0) is 49.8 Å². The Bertz CT molecular complexity index is 1360. The summed E-state index contributed by atoms with van der Waals surface area (Å²) in [6.45, 7) is 1.44. The lowest BCUT2D eigenvalue weighted by atomic mass is 9.88. The number of hydrogen-bond donors (Lipinski definition) is 3. The van der Waals surface area contributed by atoms with E-state index in [2.05, 4.69) is 25.2 Å². The number of thioether (sulfide) groups is 1. The van der Waals surface area contributed by atoms with Crippen LogP contribution >= 0.6 is 11.8 Å². The summed E-state index contributed by atoms with van der Waals surface area (Å²) in [5.41, 5.74) is 1.96. The third-order valence-corrected chi connectivity index (χ3v) is 6.64. The second-order valence-corrected chi connectivity index (χ2v) is 9.94. The molecule has 0 fully saturated rings. The summed E-state index contributed by atoms with van der Waals surface area (Å²) in [6.07, 6.45) is 3.80. The predicted molar refractivity (Wildman–Crippen MR) is 145 cm³/mol. The Kier molecular flexibility index (Phi) is 8.80. The topological polar surface area (TPSA) is 107 Å². The number of furan rings is 1. The predicted octanol–water partition coefficient (Wildman–Crippen LogP) is 3.83. The van der Waals surface area contributed by atoms with E-state index >= 15 is 0 Å². The minimum Gasteiger partial charge on any atom is -0.464 e. The Morgan fingerprint density at radius 2 is 1.89 bits per heavy atom. The molecule has 0 saturated heterocycles. The van der Waals surface area contributed by atoms with Crippen LogP contribution in [0.5, 0.6) is 0 Å². The molecular formula is C27H31N5O3S. The van der Waals surface area contributed by atoms with Gasteiger partial charge in [-0.1, -0.05) is 30.3 Å². The zero-order valence-corrected chi connectivity index (χ0v) is 21.3. The number of pyridine rings is 1. The molecule has 0 spiro atoms. The third kappa shape index (κ3) is 7.22. The third-order valence-electron chi connectivity index (χ3n) is 5.66. The van der Waals surface area contributed by atoms with Crippen molar-refractivity contribution in [3.05, 3.63) is 116 Å². The van der Waals surface area contributed by atoms with Gasteiger partial charge in [-0.25, -0.2) is 4.98 Å². The summed E-state index contributed by atoms with van der Waals surface area (Å²) >= 11 is 1.75. The second kappa shape index (κ2) is 12.4. The fourth-order valence-corrected chi connectivity index (χ4v) is 4.74. The Morgan fingerprint density at radius 1 is 1.08 bits per heavy atom. The first-order valence-electron chi connectivity index (χ1n) is 11.8. The first-order chi connectivity index (χ1) is 17.5. The maximum Gasteiger partial charge on any atom is 0.256 e. The van der Waals surface area contributed by atoms with Crippen LogP contribution in [-0.2, 0) is 18.7 Å².